The molecule has 1 saturated heterocycles. The van der Waals surface area contributed by atoms with Gasteiger partial charge in [0.05, 0.1) is 18.7 Å². The maximum Gasteiger partial charge on any atom is 0.176 e. The van der Waals surface area contributed by atoms with Crippen molar-refractivity contribution < 1.29 is 14.3 Å². The summed E-state index contributed by atoms with van der Waals surface area (Å²) in [4.78, 5) is 25.7. The molecule has 1 aliphatic rings. The van der Waals surface area contributed by atoms with Crippen molar-refractivity contribution >= 4 is 23.2 Å². The van der Waals surface area contributed by atoms with E-state index in [1.807, 2.05) is 11.8 Å². The van der Waals surface area contributed by atoms with E-state index in [2.05, 4.69) is 0 Å². The molecule has 2 rings (SSSR count). The molecule has 0 radical (unpaired) electrons. The highest BCUT2D eigenvalue weighted by Crippen LogP contribution is 2.25. The minimum Gasteiger partial charge on any atom is -0.495 e. The summed E-state index contributed by atoms with van der Waals surface area (Å²) in [6.07, 6.45) is 0.526. The molecule has 0 N–H and O–H groups in total. The third-order valence-corrected chi connectivity index (χ3v) is 3.89. The fourth-order valence-electron chi connectivity index (χ4n) is 2.37. The first-order valence-electron chi connectivity index (χ1n) is 6.63. The van der Waals surface area contributed by atoms with Crippen LogP contribution in [0.15, 0.2) is 18.2 Å². The van der Waals surface area contributed by atoms with Crippen molar-refractivity contribution in [2.24, 2.45) is 5.92 Å². The quantitative estimate of drug-likeness (QED) is 0.801. The third kappa shape index (κ3) is 3.38. The van der Waals surface area contributed by atoms with Gasteiger partial charge in [0.25, 0.3) is 0 Å². The first kappa shape index (κ1) is 15.0. The number of carbonyl (C=O) groups is 2. The molecule has 20 heavy (non-hydrogen) atoms. The number of methoxy groups -OCH3 is 1. The van der Waals surface area contributed by atoms with Crippen molar-refractivity contribution in [2.75, 3.05) is 26.7 Å². The molecule has 0 bridgehead atoms. The maximum atomic E-state index is 12.2. The molecule has 1 heterocycles. The molecule has 0 aliphatic carbocycles. The molecule has 1 fully saturated rings. The van der Waals surface area contributed by atoms with E-state index in [-0.39, 0.29) is 17.5 Å². The number of Topliss-reactive ketones (excluding diaryl/α,β-unsaturated/α-hetero) is 2. The van der Waals surface area contributed by atoms with Crippen molar-refractivity contribution in [3.63, 3.8) is 0 Å². The van der Waals surface area contributed by atoms with Gasteiger partial charge in [-0.3, -0.25) is 14.5 Å². The molecule has 0 saturated carbocycles. The van der Waals surface area contributed by atoms with Gasteiger partial charge >= 0.3 is 0 Å². The normalized spacial score (nSPS) is 19.9. The van der Waals surface area contributed by atoms with Gasteiger partial charge in [0.15, 0.2) is 5.78 Å². The summed E-state index contributed by atoms with van der Waals surface area (Å²) in [6.45, 7) is 3.52. The highest BCUT2D eigenvalue weighted by Gasteiger charge is 2.25. The lowest BCUT2D eigenvalue weighted by Gasteiger charge is -2.29. The van der Waals surface area contributed by atoms with Gasteiger partial charge in [0.2, 0.25) is 0 Å². The van der Waals surface area contributed by atoms with Gasteiger partial charge in [-0.1, -0.05) is 18.5 Å². The lowest BCUT2D eigenvalue weighted by atomic mass is 9.98. The monoisotopic (exact) mass is 295 g/mol. The van der Waals surface area contributed by atoms with Crippen LogP contribution < -0.4 is 4.74 Å². The summed E-state index contributed by atoms with van der Waals surface area (Å²) in [5.41, 5.74) is 0.570. The van der Waals surface area contributed by atoms with Crippen LogP contribution in [0.5, 0.6) is 5.75 Å². The number of hydrogen-bond acceptors (Lipinski definition) is 4. The molecule has 1 aromatic carbocycles. The molecule has 1 aromatic rings. The molecular weight excluding hydrogens is 278 g/mol. The van der Waals surface area contributed by atoms with Gasteiger partial charge in [-0.15, -0.1) is 0 Å². The Balaban J connectivity index is 2.01. The molecular formula is C15H18ClNO3. The summed E-state index contributed by atoms with van der Waals surface area (Å²) >= 11 is 6.02. The molecule has 1 unspecified atom stereocenters. The fourth-order valence-corrected chi connectivity index (χ4v) is 2.63. The third-order valence-electron chi connectivity index (χ3n) is 3.60. The van der Waals surface area contributed by atoms with Crippen LogP contribution in [0.25, 0.3) is 0 Å². The molecule has 4 nitrogen and oxygen atoms in total. The van der Waals surface area contributed by atoms with Gasteiger partial charge in [-0.05, 0) is 18.2 Å². The molecule has 0 aromatic heterocycles. The van der Waals surface area contributed by atoms with Crippen LogP contribution in [0.4, 0.5) is 0 Å². The van der Waals surface area contributed by atoms with Crippen LogP contribution >= 0.6 is 11.6 Å². The van der Waals surface area contributed by atoms with Gasteiger partial charge < -0.3 is 4.74 Å². The minimum atomic E-state index is 0.0102. The number of carbonyl (C=O) groups excluding carboxylic acids is 2. The average molecular weight is 296 g/mol. The topological polar surface area (TPSA) is 46.6 Å². The largest absolute Gasteiger partial charge is 0.495 e. The van der Waals surface area contributed by atoms with Crippen molar-refractivity contribution in [2.45, 2.75) is 13.3 Å². The molecule has 0 spiro atoms. The van der Waals surface area contributed by atoms with E-state index < -0.39 is 0 Å². The summed E-state index contributed by atoms with van der Waals surface area (Å²) in [6, 6.07) is 5.03. The van der Waals surface area contributed by atoms with E-state index in [0.717, 1.165) is 0 Å². The lowest BCUT2D eigenvalue weighted by molar-refractivity contribution is -0.125. The van der Waals surface area contributed by atoms with Crippen LogP contribution in [0, 0.1) is 5.92 Å². The van der Waals surface area contributed by atoms with Crippen LogP contribution in [0.3, 0.4) is 0 Å². The summed E-state index contributed by atoms with van der Waals surface area (Å²) in [5, 5.41) is 0.431. The Bertz CT molecular complexity index is 530. The Labute approximate surface area is 123 Å². The Morgan fingerprint density at radius 2 is 2.25 bits per heavy atom. The minimum absolute atomic E-state index is 0.0102. The van der Waals surface area contributed by atoms with Gasteiger partial charge in [-0.2, -0.15) is 0 Å². The SMILES string of the molecule is COc1ccc(C(=O)CN2CCC(=O)C(C)C2)cc1Cl. The highest BCUT2D eigenvalue weighted by molar-refractivity contribution is 6.32. The number of ketones is 2. The molecule has 108 valence electrons. The molecule has 0 amide bonds. The van der Waals surface area contributed by atoms with Crippen molar-refractivity contribution in [3.05, 3.63) is 28.8 Å². The van der Waals surface area contributed by atoms with E-state index in [9.17, 15) is 9.59 Å². The molecule has 5 heteroatoms. The maximum absolute atomic E-state index is 12.2. The van der Waals surface area contributed by atoms with Gasteiger partial charge in [0, 0.05) is 31.0 Å². The lowest BCUT2D eigenvalue weighted by Crippen LogP contribution is -2.42. The van der Waals surface area contributed by atoms with Crippen LogP contribution in [-0.4, -0.2) is 43.2 Å². The van der Waals surface area contributed by atoms with Crippen molar-refractivity contribution in [3.8, 4) is 5.75 Å². The number of nitrogens with zero attached hydrogens (tertiary/aromatic N) is 1. The zero-order valence-corrected chi connectivity index (χ0v) is 12.4. The number of piperidine rings is 1. The van der Waals surface area contributed by atoms with Crippen molar-refractivity contribution in [1.29, 1.82) is 0 Å². The van der Waals surface area contributed by atoms with E-state index in [1.165, 1.54) is 7.11 Å². The van der Waals surface area contributed by atoms with E-state index in [1.54, 1.807) is 18.2 Å². The number of halogens is 1. The molecule has 1 aliphatic heterocycles. The second-order valence-corrected chi connectivity index (χ2v) is 5.53. The summed E-state index contributed by atoms with van der Waals surface area (Å²) in [7, 11) is 1.54. The van der Waals surface area contributed by atoms with Crippen molar-refractivity contribution in [1.82, 2.24) is 4.90 Å². The Morgan fingerprint density at radius 1 is 1.50 bits per heavy atom. The second-order valence-electron chi connectivity index (χ2n) is 5.12. The predicted molar refractivity (Wildman–Crippen MR) is 77.6 cm³/mol. The Hall–Kier alpha value is -1.39. The van der Waals surface area contributed by atoms with Gasteiger partial charge in [0.1, 0.15) is 11.5 Å². The summed E-state index contributed by atoms with van der Waals surface area (Å²) < 4.78 is 5.06. The van der Waals surface area contributed by atoms with Crippen LogP contribution in [0.2, 0.25) is 5.02 Å². The van der Waals surface area contributed by atoms with E-state index in [4.69, 9.17) is 16.3 Å². The summed E-state index contributed by atoms with van der Waals surface area (Å²) in [5.74, 6) is 0.855. The predicted octanol–water partition coefficient (Wildman–Crippen LogP) is 2.44. The standard InChI is InChI=1S/C15H18ClNO3/c1-10-8-17(6-5-13(10)18)9-14(19)11-3-4-15(20-2)12(16)7-11/h3-4,7,10H,5-6,8-9H2,1-2H3. The number of benzene rings is 1. The van der Waals surface area contributed by atoms with Crippen LogP contribution in [0.1, 0.15) is 23.7 Å². The van der Waals surface area contributed by atoms with Crippen LogP contribution in [-0.2, 0) is 4.79 Å². The Morgan fingerprint density at radius 3 is 2.85 bits per heavy atom. The Kier molecular flexibility index (Phi) is 4.78. The average Bonchev–Trinajstić information content (AvgIpc) is 2.42. The second kappa shape index (κ2) is 6.37. The number of rotatable bonds is 4. The smallest absolute Gasteiger partial charge is 0.176 e. The number of ether oxygens (including phenoxy) is 1. The number of hydrogen-bond donors (Lipinski definition) is 0. The van der Waals surface area contributed by atoms with E-state index in [0.29, 0.717) is 42.4 Å². The number of likely N-dealkylation sites (tertiary alicyclic amines) is 1. The van der Waals surface area contributed by atoms with Gasteiger partial charge in [-0.25, -0.2) is 0 Å². The highest BCUT2D eigenvalue weighted by atomic mass is 35.5. The zero-order valence-electron chi connectivity index (χ0n) is 11.7. The fraction of sp³-hybridized carbons (Fsp3) is 0.467. The first-order chi connectivity index (χ1) is 9.51. The molecule has 1 atom stereocenters. The van der Waals surface area contributed by atoms with E-state index >= 15 is 0 Å². The zero-order chi connectivity index (χ0) is 14.7. The first-order valence-corrected chi connectivity index (χ1v) is 7.01.